The highest BCUT2D eigenvalue weighted by Gasteiger charge is 2.06. The van der Waals surface area contributed by atoms with Crippen LogP contribution in [0.1, 0.15) is 6.92 Å². The summed E-state index contributed by atoms with van der Waals surface area (Å²) in [7, 11) is 1.83. The van der Waals surface area contributed by atoms with Gasteiger partial charge in [-0.1, -0.05) is 30.0 Å². The fraction of sp³-hybridized carbons (Fsp3) is 0.667. The average Bonchev–Trinajstić information content (AvgIpc) is 2.52. The zero-order valence-corrected chi connectivity index (χ0v) is 8.71. The van der Waals surface area contributed by atoms with E-state index in [9.17, 15) is 0 Å². The van der Waals surface area contributed by atoms with Gasteiger partial charge in [-0.2, -0.15) is 0 Å². The van der Waals surface area contributed by atoms with Crippen LogP contribution in [0.2, 0.25) is 0 Å². The molecule has 1 unspecified atom stereocenters. The lowest BCUT2D eigenvalue weighted by Gasteiger charge is -2.02. The molecule has 1 atom stereocenters. The van der Waals surface area contributed by atoms with Crippen LogP contribution in [-0.4, -0.2) is 29.0 Å². The van der Waals surface area contributed by atoms with Crippen LogP contribution in [0, 0.1) is 0 Å². The summed E-state index contributed by atoms with van der Waals surface area (Å²) in [5.74, 6) is 0. The topological polar surface area (TPSA) is 63.8 Å². The number of hydrogen-bond donors (Lipinski definition) is 2. The minimum absolute atomic E-state index is 0.405. The molecule has 12 heavy (non-hydrogen) atoms. The summed E-state index contributed by atoms with van der Waals surface area (Å²) < 4.78 is 0.970. The van der Waals surface area contributed by atoms with Crippen molar-refractivity contribution in [3.63, 3.8) is 0 Å². The van der Waals surface area contributed by atoms with Crippen LogP contribution in [0.25, 0.3) is 0 Å². The predicted molar refractivity (Wildman–Crippen MR) is 53.8 cm³/mol. The molecular weight excluding hydrogens is 192 g/mol. The van der Waals surface area contributed by atoms with E-state index >= 15 is 0 Å². The molecule has 1 aromatic rings. The molecule has 0 aliphatic rings. The van der Waals surface area contributed by atoms with Crippen LogP contribution in [0.15, 0.2) is 4.34 Å². The molecule has 0 saturated heterocycles. The number of rotatable bonds is 4. The Bertz CT molecular complexity index is 237. The van der Waals surface area contributed by atoms with Crippen molar-refractivity contribution in [3.8, 4) is 0 Å². The summed E-state index contributed by atoms with van der Waals surface area (Å²) >= 11 is 3.21. The molecule has 0 aliphatic carbocycles. The van der Waals surface area contributed by atoms with Crippen LogP contribution in [0.3, 0.4) is 0 Å². The molecule has 0 fully saturated rings. The molecule has 0 amide bonds. The Morgan fingerprint density at radius 3 is 2.92 bits per heavy atom. The molecule has 3 N–H and O–H groups in total. The standard InChI is InChI=1S/C6H12N4S2/c1-4(3-7)11-6-10-9-5(8-2)12-6/h4H,3,7H2,1-2H3,(H,8,9). The highest BCUT2D eigenvalue weighted by atomic mass is 32.2. The molecular formula is C6H12N4S2. The molecule has 0 aromatic carbocycles. The Labute approximate surface area is 80.0 Å². The minimum Gasteiger partial charge on any atom is -0.363 e. The van der Waals surface area contributed by atoms with E-state index in [1.807, 2.05) is 7.05 Å². The van der Waals surface area contributed by atoms with Gasteiger partial charge in [0.2, 0.25) is 5.13 Å². The Morgan fingerprint density at radius 2 is 2.42 bits per heavy atom. The molecule has 0 bridgehead atoms. The Balaban J connectivity index is 2.52. The lowest BCUT2D eigenvalue weighted by molar-refractivity contribution is 0.940. The van der Waals surface area contributed by atoms with E-state index in [1.165, 1.54) is 0 Å². The van der Waals surface area contributed by atoms with Crippen LogP contribution in [0.5, 0.6) is 0 Å². The number of nitrogens with one attached hydrogen (secondary N) is 1. The van der Waals surface area contributed by atoms with Gasteiger partial charge in [-0.3, -0.25) is 0 Å². The van der Waals surface area contributed by atoms with Crippen LogP contribution >= 0.6 is 23.1 Å². The van der Waals surface area contributed by atoms with Crippen molar-refractivity contribution in [3.05, 3.63) is 0 Å². The summed E-state index contributed by atoms with van der Waals surface area (Å²) in [5, 5.41) is 12.1. The van der Waals surface area contributed by atoms with Gasteiger partial charge in [-0.15, -0.1) is 10.2 Å². The lowest BCUT2D eigenvalue weighted by Crippen LogP contribution is -2.11. The van der Waals surface area contributed by atoms with Gasteiger partial charge in [-0.05, 0) is 0 Å². The van der Waals surface area contributed by atoms with Crippen LogP contribution in [-0.2, 0) is 0 Å². The normalized spacial score (nSPS) is 12.9. The summed E-state index contributed by atoms with van der Waals surface area (Å²) in [6, 6.07) is 0. The third kappa shape index (κ3) is 2.62. The van der Waals surface area contributed by atoms with Crippen molar-refractivity contribution >= 4 is 28.2 Å². The van der Waals surface area contributed by atoms with Crippen molar-refractivity contribution in [2.24, 2.45) is 5.73 Å². The Hall–Kier alpha value is -0.330. The summed E-state index contributed by atoms with van der Waals surface area (Å²) in [4.78, 5) is 0. The number of nitrogens with zero attached hydrogens (tertiary/aromatic N) is 2. The van der Waals surface area contributed by atoms with E-state index in [0.717, 1.165) is 9.47 Å². The first-order chi connectivity index (χ1) is 5.76. The molecule has 4 nitrogen and oxygen atoms in total. The van der Waals surface area contributed by atoms with Crippen molar-refractivity contribution in [2.75, 3.05) is 18.9 Å². The number of hydrogen-bond acceptors (Lipinski definition) is 6. The highest BCUT2D eigenvalue weighted by Crippen LogP contribution is 2.27. The first-order valence-electron chi connectivity index (χ1n) is 3.64. The maximum absolute atomic E-state index is 5.48. The molecule has 0 radical (unpaired) electrons. The highest BCUT2D eigenvalue weighted by molar-refractivity contribution is 8.01. The Morgan fingerprint density at radius 1 is 1.67 bits per heavy atom. The van der Waals surface area contributed by atoms with Gasteiger partial charge in [0.05, 0.1) is 0 Å². The van der Waals surface area contributed by atoms with Gasteiger partial charge in [0, 0.05) is 18.8 Å². The van der Waals surface area contributed by atoms with Gasteiger partial charge < -0.3 is 11.1 Å². The second-order valence-corrected chi connectivity index (χ2v) is 4.95. The van der Waals surface area contributed by atoms with Gasteiger partial charge in [0.15, 0.2) is 4.34 Å². The molecule has 0 saturated carbocycles. The van der Waals surface area contributed by atoms with Gasteiger partial charge >= 0.3 is 0 Å². The van der Waals surface area contributed by atoms with E-state index in [2.05, 4.69) is 22.4 Å². The maximum Gasteiger partial charge on any atom is 0.206 e. The summed E-state index contributed by atoms with van der Waals surface area (Å²) in [6.07, 6.45) is 0. The van der Waals surface area contributed by atoms with Gasteiger partial charge in [0.1, 0.15) is 0 Å². The second kappa shape index (κ2) is 4.64. The smallest absolute Gasteiger partial charge is 0.206 e. The zero-order valence-electron chi connectivity index (χ0n) is 7.07. The van der Waals surface area contributed by atoms with Gasteiger partial charge in [0.25, 0.3) is 0 Å². The number of aromatic nitrogens is 2. The fourth-order valence-electron chi connectivity index (χ4n) is 0.579. The summed E-state index contributed by atoms with van der Waals surface area (Å²) in [5.41, 5.74) is 5.48. The number of anilines is 1. The molecule has 1 heterocycles. The Kier molecular flexibility index (Phi) is 3.77. The van der Waals surface area contributed by atoms with Crippen LogP contribution < -0.4 is 11.1 Å². The number of thioether (sulfide) groups is 1. The maximum atomic E-state index is 5.48. The van der Waals surface area contributed by atoms with E-state index in [0.29, 0.717) is 11.8 Å². The van der Waals surface area contributed by atoms with Gasteiger partial charge in [-0.25, -0.2) is 0 Å². The molecule has 1 rings (SSSR count). The van der Waals surface area contributed by atoms with E-state index < -0.39 is 0 Å². The minimum atomic E-state index is 0.405. The van der Waals surface area contributed by atoms with Crippen LogP contribution in [0.4, 0.5) is 5.13 Å². The third-order valence-electron chi connectivity index (χ3n) is 1.25. The lowest BCUT2D eigenvalue weighted by atomic mass is 10.5. The molecule has 0 spiro atoms. The van der Waals surface area contributed by atoms with E-state index in [4.69, 9.17) is 5.73 Å². The third-order valence-corrected chi connectivity index (χ3v) is 3.41. The molecule has 6 heteroatoms. The van der Waals surface area contributed by atoms with Crippen molar-refractivity contribution in [2.45, 2.75) is 16.5 Å². The average molecular weight is 204 g/mol. The second-order valence-electron chi connectivity index (χ2n) is 2.29. The molecule has 0 aliphatic heterocycles. The van der Waals surface area contributed by atoms with Crippen molar-refractivity contribution in [1.82, 2.24) is 10.2 Å². The monoisotopic (exact) mass is 204 g/mol. The molecule has 68 valence electrons. The largest absolute Gasteiger partial charge is 0.363 e. The SMILES string of the molecule is CNc1nnc(SC(C)CN)s1. The van der Waals surface area contributed by atoms with E-state index in [-0.39, 0.29) is 0 Å². The summed E-state index contributed by atoms with van der Waals surface area (Å²) in [6.45, 7) is 2.74. The van der Waals surface area contributed by atoms with Crippen molar-refractivity contribution in [1.29, 1.82) is 0 Å². The zero-order chi connectivity index (χ0) is 8.97. The predicted octanol–water partition coefficient (Wildman–Crippen LogP) is 1.02. The number of nitrogens with two attached hydrogens (primary N) is 1. The first kappa shape index (κ1) is 9.76. The quantitative estimate of drug-likeness (QED) is 0.717. The van der Waals surface area contributed by atoms with Crippen molar-refractivity contribution < 1.29 is 0 Å². The molecule has 1 aromatic heterocycles. The fourth-order valence-corrected chi connectivity index (χ4v) is 2.46. The van der Waals surface area contributed by atoms with E-state index in [1.54, 1.807) is 23.1 Å². The first-order valence-corrected chi connectivity index (χ1v) is 5.34.